The van der Waals surface area contributed by atoms with Gasteiger partial charge in [0.25, 0.3) is 0 Å². The van der Waals surface area contributed by atoms with Gasteiger partial charge in [0.2, 0.25) is 5.91 Å². The van der Waals surface area contributed by atoms with Crippen LogP contribution in [0.1, 0.15) is 13.3 Å². The first-order valence-corrected chi connectivity index (χ1v) is 5.78. The monoisotopic (exact) mass is 260 g/mol. The number of aliphatic carboxylic acids is 1. The molecule has 18 heavy (non-hydrogen) atoms. The van der Waals surface area contributed by atoms with E-state index in [0.29, 0.717) is 6.61 Å². The van der Waals surface area contributed by atoms with Crippen molar-refractivity contribution in [1.82, 2.24) is 5.32 Å². The average molecular weight is 260 g/mol. The van der Waals surface area contributed by atoms with Crippen LogP contribution in [0.4, 0.5) is 0 Å². The van der Waals surface area contributed by atoms with E-state index in [4.69, 9.17) is 20.3 Å². The van der Waals surface area contributed by atoms with Gasteiger partial charge in [0.15, 0.2) is 0 Å². The van der Waals surface area contributed by atoms with E-state index in [0.717, 1.165) is 0 Å². The van der Waals surface area contributed by atoms with Crippen LogP contribution in [0.25, 0.3) is 0 Å². The smallest absolute Gasteiger partial charge is 0.326 e. The molecule has 1 saturated heterocycles. The van der Waals surface area contributed by atoms with E-state index in [1.54, 1.807) is 6.92 Å². The molecule has 0 bridgehead atoms. The van der Waals surface area contributed by atoms with Crippen molar-refractivity contribution in [2.24, 2.45) is 11.1 Å². The second-order valence-electron chi connectivity index (χ2n) is 4.68. The maximum atomic E-state index is 12.1. The molecule has 1 fully saturated rings. The van der Waals surface area contributed by atoms with Gasteiger partial charge in [0, 0.05) is 26.2 Å². The molecule has 1 heterocycles. The lowest BCUT2D eigenvalue weighted by Gasteiger charge is -2.27. The third kappa shape index (κ3) is 3.18. The number of rotatable bonds is 6. The highest BCUT2D eigenvalue weighted by molar-refractivity contribution is 5.88. The Balaban J connectivity index is 2.63. The lowest BCUT2D eigenvalue weighted by atomic mass is 9.84. The summed E-state index contributed by atoms with van der Waals surface area (Å²) in [6, 6.07) is -1.39. The van der Waals surface area contributed by atoms with Crippen LogP contribution in [-0.4, -0.2) is 56.0 Å². The molecule has 1 rings (SSSR count). The molecule has 0 aromatic rings. The van der Waals surface area contributed by atoms with Gasteiger partial charge in [-0.25, -0.2) is 4.79 Å². The first-order valence-electron chi connectivity index (χ1n) is 5.78. The van der Waals surface area contributed by atoms with Crippen LogP contribution < -0.4 is 11.1 Å². The molecular weight excluding hydrogens is 240 g/mol. The van der Waals surface area contributed by atoms with Crippen LogP contribution in [0.5, 0.6) is 0 Å². The first-order chi connectivity index (χ1) is 8.41. The molecule has 0 radical (unpaired) electrons. The van der Waals surface area contributed by atoms with Crippen LogP contribution in [0, 0.1) is 5.41 Å². The number of hydrogen-bond acceptors (Lipinski definition) is 5. The molecule has 0 saturated carbocycles. The van der Waals surface area contributed by atoms with Gasteiger partial charge in [-0.15, -0.1) is 0 Å². The number of methoxy groups -OCH3 is 1. The molecule has 1 aliphatic heterocycles. The minimum absolute atomic E-state index is 0.205. The van der Waals surface area contributed by atoms with Gasteiger partial charge < -0.3 is 25.6 Å². The fraction of sp³-hybridized carbons (Fsp3) is 0.818. The number of ether oxygens (including phenoxy) is 2. The second kappa shape index (κ2) is 6.12. The van der Waals surface area contributed by atoms with E-state index in [1.807, 2.05) is 0 Å². The minimum Gasteiger partial charge on any atom is -0.480 e. The Hall–Kier alpha value is -1.18. The predicted molar refractivity (Wildman–Crippen MR) is 63.0 cm³/mol. The summed E-state index contributed by atoms with van der Waals surface area (Å²) in [5.41, 5.74) is 4.93. The maximum Gasteiger partial charge on any atom is 0.326 e. The van der Waals surface area contributed by atoms with Crippen LogP contribution in [0.15, 0.2) is 0 Å². The first kappa shape index (κ1) is 14.9. The third-order valence-corrected chi connectivity index (χ3v) is 3.25. The summed E-state index contributed by atoms with van der Waals surface area (Å²) in [5.74, 6) is -1.48. The van der Waals surface area contributed by atoms with Crippen molar-refractivity contribution < 1.29 is 24.2 Å². The van der Waals surface area contributed by atoms with E-state index in [1.165, 1.54) is 7.11 Å². The van der Waals surface area contributed by atoms with Crippen LogP contribution in [-0.2, 0) is 19.1 Å². The van der Waals surface area contributed by atoms with Crippen molar-refractivity contribution in [1.29, 1.82) is 0 Å². The summed E-state index contributed by atoms with van der Waals surface area (Å²) >= 11 is 0. The van der Waals surface area contributed by atoms with E-state index in [9.17, 15) is 9.59 Å². The highest BCUT2D eigenvalue weighted by Gasteiger charge is 2.45. The van der Waals surface area contributed by atoms with E-state index >= 15 is 0 Å². The van der Waals surface area contributed by atoms with Gasteiger partial charge in [0.1, 0.15) is 6.04 Å². The Morgan fingerprint density at radius 3 is 2.78 bits per heavy atom. The number of hydrogen-bond donors (Lipinski definition) is 3. The Labute approximate surface area is 106 Å². The Bertz CT molecular complexity index is 323. The van der Waals surface area contributed by atoms with Gasteiger partial charge in [-0.2, -0.15) is 0 Å². The fourth-order valence-corrected chi connectivity index (χ4v) is 1.74. The number of nitrogens with one attached hydrogen (secondary N) is 1. The molecule has 0 aliphatic carbocycles. The van der Waals surface area contributed by atoms with E-state index in [2.05, 4.69) is 5.32 Å². The third-order valence-electron chi connectivity index (χ3n) is 3.25. The fourth-order valence-electron chi connectivity index (χ4n) is 1.74. The molecule has 7 nitrogen and oxygen atoms in total. The van der Waals surface area contributed by atoms with Crippen molar-refractivity contribution in [2.45, 2.75) is 25.4 Å². The van der Waals surface area contributed by atoms with Crippen LogP contribution in [0.3, 0.4) is 0 Å². The van der Waals surface area contributed by atoms with Crippen LogP contribution in [0.2, 0.25) is 0 Å². The molecule has 4 N–H and O–H groups in total. The topological polar surface area (TPSA) is 111 Å². The molecule has 1 aliphatic rings. The number of nitrogens with two attached hydrogens (primary N) is 1. The van der Waals surface area contributed by atoms with Crippen molar-refractivity contribution in [3.05, 3.63) is 0 Å². The van der Waals surface area contributed by atoms with E-state index in [-0.39, 0.29) is 19.6 Å². The molecule has 3 atom stereocenters. The Kier molecular flexibility index (Phi) is 5.06. The van der Waals surface area contributed by atoms with Gasteiger partial charge in [0.05, 0.1) is 18.6 Å². The standard InChI is InChI=1S/C11H20N2O5/c1-11(6-18-5-8(11)12)10(16)13-7(9(14)15)3-4-17-2/h7-8H,3-6,12H2,1-2H3,(H,13,16)(H,14,15). The van der Waals surface area contributed by atoms with Crippen molar-refractivity contribution >= 4 is 11.9 Å². The molecule has 0 aromatic carbocycles. The molecule has 0 aromatic heterocycles. The Morgan fingerprint density at radius 1 is 1.67 bits per heavy atom. The number of carboxylic acid groups (broad SMARTS) is 1. The summed E-state index contributed by atoms with van der Waals surface area (Å²) in [7, 11) is 1.47. The molecule has 1 amide bonds. The summed E-state index contributed by atoms with van der Waals surface area (Å²) in [5, 5.41) is 11.5. The number of carbonyl (C=O) groups excluding carboxylic acids is 1. The summed E-state index contributed by atoms with van der Waals surface area (Å²) in [6.07, 6.45) is 0.212. The second-order valence-corrected chi connectivity index (χ2v) is 4.68. The normalized spacial score (nSPS) is 28.9. The van der Waals surface area contributed by atoms with Gasteiger partial charge in [-0.05, 0) is 6.92 Å². The van der Waals surface area contributed by atoms with E-state index < -0.39 is 29.4 Å². The zero-order chi connectivity index (χ0) is 13.8. The predicted octanol–water partition coefficient (Wildman–Crippen LogP) is -1.04. The van der Waals surface area contributed by atoms with Gasteiger partial charge in [-0.1, -0.05) is 0 Å². The minimum atomic E-state index is -1.09. The highest BCUT2D eigenvalue weighted by Crippen LogP contribution is 2.27. The van der Waals surface area contributed by atoms with Crippen molar-refractivity contribution in [2.75, 3.05) is 26.9 Å². The highest BCUT2D eigenvalue weighted by atomic mass is 16.5. The summed E-state index contributed by atoms with van der Waals surface area (Å²) < 4.78 is 9.97. The lowest BCUT2D eigenvalue weighted by molar-refractivity contribution is -0.144. The maximum absolute atomic E-state index is 12.1. The molecular formula is C11H20N2O5. The van der Waals surface area contributed by atoms with Crippen LogP contribution >= 0.6 is 0 Å². The number of amides is 1. The summed E-state index contributed by atoms with van der Waals surface area (Å²) in [4.78, 5) is 23.1. The molecule has 3 unspecified atom stereocenters. The zero-order valence-electron chi connectivity index (χ0n) is 10.6. The SMILES string of the molecule is COCCC(NC(=O)C1(C)COCC1N)C(=O)O. The number of carboxylic acids is 1. The Morgan fingerprint density at radius 2 is 2.33 bits per heavy atom. The van der Waals surface area contributed by atoms with Gasteiger partial charge >= 0.3 is 5.97 Å². The average Bonchev–Trinajstić information content (AvgIpc) is 2.65. The quantitative estimate of drug-likeness (QED) is 0.562. The lowest BCUT2D eigenvalue weighted by Crippen LogP contribution is -2.54. The van der Waals surface area contributed by atoms with Crippen molar-refractivity contribution in [3.63, 3.8) is 0 Å². The number of carbonyl (C=O) groups is 2. The molecule has 0 spiro atoms. The summed E-state index contributed by atoms with van der Waals surface area (Å²) in [6.45, 7) is 2.45. The van der Waals surface area contributed by atoms with Crippen molar-refractivity contribution in [3.8, 4) is 0 Å². The molecule has 104 valence electrons. The molecule has 7 heteroatoms. The van der Waals surface area contributed by atoms with Gasteiger partial charge in [-0.3, -0.25) is 4.79 Å². The largest absolute Gasteiger partial charge is 0.480 e. The zero-order valence-corrected chi connectivity index (χ0v) is 10.6.